The molecule has 1 aliphatic carbocycles. The molecule has 1 atom stereocenters. The van der Waals surface area contributed by atoms with Gasteiger partial charge in [-0.15, -0.1) is 0 Å². The zero-order valence-corrected chi connectivity index (χ0v) is 15.4. The summed E-state index contributed by atoms with van der Waals surface area (Å²) in [7, 11) is 6.17. The fraction of sp³-hybridized carbons (Fsp3) is 0.667. The van der Waals surface area contributed by atoms with E-state index in [4.69, 9.17) is 4.98 Å². The Kier molecular flexibility index (Phi) is 3.49. The summed E-state index contributed by atoms with van der Waals surface area (Å²) < 4.78 is 4.60. The molecule has 1 saturated heterocycles. The van der Waals surface area contributed by atoms with Crippen LogP contribution in [0.4, 0.5) is 5.95 Å². The first-order valence-electron chi connectivity index (χ1n) is 8.83. The van der Waals surface area contributed by atoms with Gasteiger partial charge in [0.05, 0.1) is 17.9 Å². The van der Waals surface area contributed by atoms with E-state index in [9.17, 15) is 0 Å². The van der Waals surface area contributed by atoms with E-state index in [0.717, 1.165) is 19.0 Å². The molecular weight excluding hydrogens is 300 g/mol. The van der Waals surface area contributed by atoms with Gasteiger partial charge in [-0.3, -0.25) is 4.90 Å². The smallest absolute Gasteiger partial charge is 0.204 e. The van der Waals surface area contributed by atoms with Crippen molar-refractivity contribution in [1.29, 1.82) is 0 Å². The van der Waals surface area contributed by atoms with Gasteiger partial charge in [0.25, 0.3) is 0 Å². The summed E-state index contributed by atoms with van der Waals surface area (Å²) in [5.41, 5.74) is 1.52. The third kappa shape index (κ3) is 2.44. The largest absolute Gasteiger partial charge is 0.348 e. The van der Waals surface area contributed by atoms with Crippen LogP contribution in [0.2, 0.25) is 0 Å². The molecule has 0 N–H and O–H groups in total. The Morgan fingerprint density at radius 2 is 2.00 bits per heavy atom. The van der Waals surface area contributed by atoms with E-state index in [-0.39, 0.29) is 5.41 Å². The molecular formula is C18H28N6. The molecule has 0 radical (unpaired) electrons. The lowest BCUT2D eigenvalue weighted by Gasteiger charge is -2.53. The van der Waals surface area contributed by atoms with Crippen LogP contribution in [0.15, 0.2) is 18.6 Å². The van der Waals surface area contributed by atoms with Gasteiger partial charge in [-0.25, -0.2) is 9.97 Å². The molecule has 6 heteroatoms. The van der Waals surface area contributed by atoms with Crippen LogP contribution in [0, 0.1) is 5.41 Å². The minimum absolute atomic E-state index is 0.265. The number of nitrogens with zero attached hydrogens (tertiary/aromatic N) is 6. The molecule has 2 aromatic heterocycles. The minimum atomic E-state index is 0.265. The van der Waals surface area contributed by atoms with E-state index < -0.39 is 0 Å². The Labute approximate surface area is 144 Å². The van der Waals surface area contributed by atoms with Gasteiger partial charge in [0.1, 0.15) is 5.82 Å². The normalized spacial score (nSPS) is 23.3. The SMILES string of the molecule is CN(C)c1ncc(CN2CC(C)(C)C2c2nccn2C2CC2)n1C. The van der Waals surface area contributed by atoms with Gasteiger partial charge in [-0.1, -0.05) is 13.8 Å². The van der Waals surface area contributed by atoms with E-state index in [2.05, 4.69) is 51.0 Å². The topological polar surface area (TPSA) is 42.1 Å². The van der Waals surface area contributed by atoms with E-state index in [1.807, 2.05) is 26.5 Å². The molecule has 2 fully saturated rings. The third-order valence-electron chi connectivity index (χ3n) is 5.42. The summed E-state index contributed by atoms with van der Waals surface area (Å²) in [5, 5.41) is 0. The standard InChI is InChI=1S/C18H28N6/c1-18(2)12-23(11-14-10-20-17(21(3)4)22(14)5)15(18)16-19-8-9-24(16)13-6-7-13/h8-10,13,15H,6-7,11-12H2,1-5H3. The van der Waals surface area contributed by atoms with Crippen LogP contribution in [0.3, 0.4) is 0 Å². The highest BCUT2D eigenvalue weighted by molar-refractivity contribution is 5.31. The first-order valence-corrected chi connectivity index (χ1v) is 8.83. The van der Waals surface area contributed by atoms with E-state index in [1.165, 1.54) is 24.4 Å². The zero-order valence-electron chi connectivity index (χ0n) is 15.4. The van der Waals surface area contributed by atoms with Crippen molar-refractivity contribution in [1.82, 2.24) is 24.0 Å². The molecule has 6 nitrogen and oxygen atoms in total. The van der Waals surface area contributed by atoms with Crippen LogP contribution >= 0.6 is 0 Å². The van der Waals surface area contributed by atoms with Crippen molar-refractivity contribution < 1.29 is 0 Å². The lowest BCUT2D eigenvalue weighted by molar-refractivity contribution is -0.0665. The minimum Gasteiger partial charge on any atom is -0.348 e. The first-order chi connectivity index (χ1) is 11.4. The molecule has 1 saturated carbocycles. The number of hydrogen-bond donors (Lipinski definition) is 0. The van der Waals surface area contributed by atoms with Crippen molar-refractivity contribution in [2.45, 2.75) is 45.3 Å². The van der Waals surface area contributed by atoms with Gasteiger partial charge in [0.15, 0.2) is 0 Å². The fourth-order valence-corrected chi connectivity index (χ4v) is 4.15. The van der Waals surface area contributed by atoms with Gasteiger partial charge >= 0.3 is 0 Å². The first kappa shape index (κ1) is 15.7. The maximum atomic E-state index is 4.73. The summed E-state index contributed by atoms with van der Waals surface area (Å²) in [6, 6.07) is 1.06. The Balaban J connectivity index is 1.58. The van der Waals surface area contributed by atoms with Crippen molar-refractivity contribution in [3.8, 4) is 0 Å². The number of likely N-dealkylation sites (tertiary alicyclic amines) is 1. The van der Waals surface area contributed by atoms with Crippen LogP contribution in [0.25, 0.3) is 0 Å². The lowest BCUT2D eigenvalue weighted by Crippen LogP contribution is -2.55. The predicted molar refractivity (Wildman–Crippen MR) is 95.0 cm³/mol. The second kappa shape index (κ2) is 5.34. The average Bonchev–Trinajstić information content (AvgIpc) is 3.13. The van der Waals surface area contributed by atoms with Crippen molar-refractivity contribution in [2.24, 2.45) is 12.5 Å². The Bertz CT molecular complexity index is 737. The highest BCUT2D eigenvalue weighted by atomic mass is 15.3. The Hall–Kier alpha value is -1.82. The number of anilines is 1. The Morgan fingerprint density at radius 1 is 1.25 bits per heavy atom. The molecule has 1 unspecified atom stereocenters. The lowest BCUT2D eigenvalue weighted by atomic mass is 9.74. The Morgan fingerprint density at radius 3 is 2.58 bits per heavy atom. The maximum absolute atomic E-state index is 4.73. The van der Waals surface area contributed by atoms with Gasteiger partial charge in [-0.05, 0) is 12.8 Å². The predicted octanol–water partition coefficient (Wildman–Crippen LogP) is 2.60. The number of imidazole rings is 2. The average molecular weight is 328 g/mol. The van der Waals surface area contributed by atoms with Crippen LogP contribution in [0.1, 0.15) is 50.3 Å². The maximum Gasteiger partial charge on any atom is 0.204 e. The molecule has 3 heterocycles. The fourth-order valence-electron chi connectivity index (χ4n) is 4.15. The highest BCUT2D eigenvalue weighted by Crippen LogP contribution is 2.50. The van der Waals surface area contributed by atoms with Crippen LogP contribution in [-0.2, 0) is 13.6 Å². The summed E-state index contributed by atoms with van der Waals surface area (Å²) in [5.74, 6) is 2.24. The molecule has 0 spiro atoms. The van der Waals surface area contributed by atoms with Crippen molar-refractivity contribution >= 4 is 5.95 Å². The van der Waals surface area contributed by atoms with E-state index in [1.54, 1.807) is 0 Å². The van der Waals surface area contributed by atoms with Crippen molar-refractivity contribution in [2.75, 3.05) is 25.5 Å². The third-order valence-corrected chi connectivity index (χ3v) is 5.42. The van der Waals surface area contributed by atoms with Gasteiger partial charge in [-0.2, -0.15) is 0 Å². The van der Waals surface area contributed by atoms with Crippen molar-refractivity contribution in [3.63, 3.8) is 0 Å². The molecule has 1 aliphatic heterocycles. The second-order valence-electron chi connectivity index (χ2n) is 8.22. The molecule has 24 heavy (non-hydrogen) atoms. The quantitative estimate of drug-likeness (QED) is 0.846. The number of hydrogen-bond acceptors (Lipinski definition) is 4. The van der Waals surface area contributed by atoms with Gasteiger partial charge in [0, 0.05) is 58.1 Å². The molecule has 0 aromatic carbocycles. The molecule has 130 valence electrons. The van der Waals surface area contributed by atoms with Crippen LogP contribution < -0.4 is 4.90 Å². The molecule has 2 aromatic rings. The summed E-state index contributed by atoms with van der Waals surface area (Å²) >= 11 is 0. The molecule has 2 aliphatic rings. The highest BCUT2D eigenvalue weighted by Gasteiger charge is 2.49. The summed E-state index contributed by atoms with van der Waals surface area (Å²) in [6.07, 6.45) is 8.72. The zero-order chi connectivity index (χ0) is 17.1. The monoisotopic (exact) mass is 328 g/mol. The summed E-state index contributed by atoms with van der Waals surface area (Å²) in [6.45, 7) is 6.73. The number of rotatable bonds is 5. The molecule has 0 bridgehead atoms. The number of aromatic nitrogens is 4. The van der Waals surface area contributed by atoms with Gasteiger partial charge in [0.2, 0.25) is 5.95 Å². The van der Waals surface area contributed by atoms with Crippen LogP contribution in [-0.4, -0.2) is 44.6 Å². The molecule has 4 rings (SSSR count). The van der Waals surface area contributed by atoms with E-state index >= 15 is 0 Å². The van der Waals surface area contributed by atoms with Crippen molar-refractivity contribution in [3.05, 3.63) is 30.1 Å². The van der Waals surface area contributed by atoms with Crippen LogP contribution in [0.5, 0.6) is 0 Å². The van der Waals surface area contributed by atoms with Gasteiger partial charge < -0.3 is 14.0 Å². The molecule has 0 amide bonds. The second-order valence-corrected chi connectivity index (χ2v) is 8.22. The van der Waals surface area contributed by atoms with E-state index in [0.29, 0.717) is 12.1 Å². The summed E-state index contributed by atoms with van der Waals surface area (Å²) in [4.78, 5) is 13.9.